The molecule has 0 bridgehead atoms. The summed E-state index contributed by atoms with van der Waals surface area (Å²) in [5, 5.41) is 6.51. The van der Waals surface area contributed by atoms with Gasteiger partial charge in [0.2, 0.25) is 0 Å². The molecule has 5 nitrogen and oxygen atoms in total. The van der Waals surface area contributed by atoms with E-state index in [0.29, 0.717) is 5.82 Å². The number of fused-ring (bicyclic) bond motifs is 9. The van der Waals surface area contributed by atoms with Crippen LogP contribution in [0.4, 0.5) is 0 Å². The Morgan fingerprint density at radius 2 is 0.966 bits per heavy atom. The summed E-state index contributed by atoms with van der Waals surface area (Å²) in [5.41, 5.74) is 13.5. The van der Waals surface area contributed by atoms with Gasteiger partial charge in [-0.15, -0.1) is 0 Å². The molecule has 6 heteroatoms. The topological polar surface area (TPSA) is 57.0 Å². The SMILES string of the molecule is Brc1ccc2c(c1)c1c(-c3ccc(-c4cccc5c4oc4ccccc45)cc3)nc(-c3ccc(-c4cccc5c4oc4ccccc45)cc3)nc1n2-c1ccccc1. The summed E-state index contributed by atoms with van der Waals surface area (Å²) in [4.78, 5) is 10.8. The number of hydrogen-bond acceptors (Lipinski definition) is 4. The molecule has 0 amide bonds. The second kappa shape index (κ2) is 12.9. The van der Waals surface area contributed by atoms with Crippen LogP contribution in [0.15, 0.2) is 195 Å². The predicted molar refractivity (Wildman–Crippen MR) is 240 cm³/mol. The fourth-order valence-electron chi connectivity index (χ4n) is 8.61. The van der Waals surface area contributed by atoms with Crippen molar-refractivity contribution in [2.75, 3.05) is 0 Å². The number of hydrogen-bond donors (Lipinski definition) is 0. The summed E-state index contributed by atoms with van der Waals surface area (Å²) in [7, 11) is 0. The van der Waals surface area contributed by atoms with Gasteiger partial charge in [-0.25, -0.2) is 9.97 Å². The Labute approximate surface area is 340 Å². The molecule has 8 aromatic carbocycles. The van der Waals surface area contributed by atoms with Crippen molar-refractivity contribution in [1.82, 2.24) is 14.5 Å². The van der Waals surface area contributed by atoms with Crippen LogP contribution in [0.25, 0.3) is 116 Å². The molecule has 0 radical (unpaired) electrons. The number of halogens is 1. The highest BCUT2D eigenvalue weighted by atomic mass is 79.9. The molecule has 0 aliphatic carbocycles. The standard InChI is InChI=1S/C52H30BrN3O2/c53-35-28-29-44-43(30-35)47-48(33-24-20-31(21-25-33)37-14-8-16-41-39-12-4-6-18-45(39)57-49(37)41)54-51(55-52(47)56(44)36-10-2-1-3-11-36)34-26-22-32(23-27-34)38-15-9-17-42-40-13-5-7-19-46(40)58-50(38)42/h1-30H. The molecule has 0 saturated carbocycles. The third-order valence-corrected chi connectivity index (χ3v) is 11.8. The first-order valence-electron chi connectivity index (χ1n) is 19.3. The van der Waals surface area contributed by atoms with E-state index in [2.05, 4.69) is 172 Å². The molecule has 272 valence electrons. The number of para-hydroxylation sites is 5. The molecular formula is C52H30BrN3O2. The van der Waals surface area contributed by atoms with Crippen LogP contribution in [0.5, 0.6) is 0 Å². The fourth-order valence-corrected chi connectivity index (χ4v) is 8.97. The van der Waals surface area contributed by atoms with Gasteiger partial charge < -0.3 is 8.83 Å². The van der Waals surface area contributed by atoms with Gasteiger partial charge in [0, 0.05) is 59.3 Å². The Hall–Kier alpha value is -7.28. The molecule has 58 heavy (non-hydrogen) atoms. The van der Waals surface area contributed by atoms with Crippen molar-refractivity contribution in [2.45, 2.75) is 0 Å². The minimum Gasteiger partial charge on any atom is -0.455 e. The summed E-state index contributed by atoms with van der Waals surface area (Å²) in [6.45, 7) is 0. The number of benzene rings is 8. The van der Waals surface area contributed by atoms with Crippen molar-refractivity contribution in [3.8, 4) is 50.6 Å². The molecule has 4 heterocycles. The Bertz CT molecular complexity index is 3560. The van der Waals surface area contributed by atoms with E-state index in [1.807, 2.05) is 30.3 Å². The zero-order valence-corrected chi connectivity index (χ0v) is 32.4. The van der Waals surface area contributed by atoms with Gasteiger partial charge in [0.05, 0.1) is 16.6 Å². The lowest BCUT2D eigenvalue weighted by Gasteiger charge is -2.11. The van der Waals surface area contributed by atoms with Gasteiger partial charge in [-0.2, -0.15) is 0 Å². The Balaban J connectivity index is 1.04. The largest absolute Gasteiger partial charge is 0.455 e. The smallest absolute Gasteiger partial charge is 0.162 e. The van der Waals surface area contributed by atoms with Gasteiger partial charge in [0.25, 0.3) is 0 Å². The maximum atomic E-state index is 6.42. The van der Waals surface area contributed by atoms with Crippen LogP contribution in [-0.4, -0.2) is 14.5 Å². The van der Waals surface area contributed by atoms with Crippen molar-refractivity contribution < 1.29 is 8.83 Å². The number of nitrogens with zero attached hydrogens (tertiary/aromatic N) is 3. The predicted octanol–water partition coefficient (Wildman–Crippen LogP) is 14.8. The summed E-state index contributed by atoms with van der Waals surface area (Å²) >= 11 is 3.77. The maximum Gasteiger partial charge on any atom is 0.162 e. The van der Waals surface area contributed by atoms with E-state index in [0.717, 1.165) is 115 Å². The van der Waals surface area contributed by atoms with Crippen LogP contribution in [0, 0.1) is 0 Å². The van der Waals surface area contributed by atoms with Crippen molar-refractivity contribution >= 4 is 81.7 Å². The molecule has 0 fully saturated rings. The molecule has 0 aliphatic heterocycles. The van der Waals surface area contributed by atoms with Crippen LogP contribution in [0.1, 0.15) is 0 Å². The maximum absolute atomic E-state index is 6.42. The lowest BCUT2D eigenvalue weighted by molar-refractivity contribution is 0.669. The van der Waals surface area contributed by atoms with Crippen molar-refractivity contribution in [2.24, 2.45) is 0 Å². The highest BCUT2D eigenvalue weighted by Crippen LogP contribution is 2.42. The van der Waals surface area contributed by atoms with Crippen LogP contribution < -0.4 is 0 Å². The first-order chi connectivity index (χ1) is 28.7. The molecule has 0 atom stereocenters. The van der Waals surface area contributed by atoms with E-state index in [9.17, 15) is 0 Å². The molecule has 0 aliphatic rings. The quantitative estimate of drug-likeness (QED) is 0.174. The number of furan rings is 2. The molecule has 0 saturated heterocycles. The van der Waals surface area contributed by atoms with Gasteiger partial charge in [-0.1, -0.05) is 155 Å². The first kappa shape index (κ1) is 32.9. The summed E-state index contributed by atoms with van der Waals surface area (Å²) in [5.74, 6) is 0.645. The van der Waals surface area contributed by atoms with E-state index >= 15 is 0 Å². The van der Waals surface area contributed by atoms with Gasteiger partial charge in [0.1, 0.15) is 28.0 Å². The number of aromatic nitrogens is 3. The van der Waals surface area contributed by atoms with E-state index < -0.39 is 0 Å². The second-order valence-corrected chi connectivity index (χ2v) is 15.6. The summed E-state index contributed by atoms with van der Waals surface area (Å²) in [6.07, 6.45) is 0. The zero-order chi connectivity index (χ0) is 38.3. The lowest BCUT2D eigenvalue weighted by Crippen LogP contribution is -1.99. The lowest BCUT2D eigenvalue weighted by atomic mass is 9.99. The minimum atomic E-state index is 0.645. The van der Waals surface area contributed by atoms with Crippen molar-refractivity contribution in [3.05, 3.63) is 186 Å². The monoisotopic (exact) mass is 807 g/mol. The van der Waals surface area contributed by atoms with Crippen LogP contribution in [0.3, 0.4) is 0 Å². The highest BCUT2D eigenvalue weighted by molar-refractivity contribution is 9.10. The molecule has 0 spiro atoms. The van der Waals surface area contributed by atoms with E-state index in [1.54, 1.807) is 0 Å². The third kappa shape index (κ3) is 5.08. The van der Waals surface area contributed by atoms with Crippen molar-refractivity contribution in [3.63, 3.8) is 0 Å². The van der Waals surface area contributed by atoms with Gasteiger partial charge in [0.15, 0.2) is 5.82 Å². The van der Waals surface area contributed by atoms with Crippen LogP contribution in [-0.2, 0) is 0 Å². The van der Waals surface area contributed by atoms with Crippen LogP contribution in [0.2, 0.25) is 0 Å². The average Bonchev–Trinajstić information content (AvgIpc) is 3.96. The fraction of sp³-hybridized carbons (Fsp3) is 0. The average molecular weight is 809 g/mol. The van der Waals surface area contributed by atoms with Gasteiger partial charge in [-0.05, 0) is 53.6 Å². The van der Waals surface area contributed by atoms with E-state index in [1.165, 1.54) is 0 Å². The Morgan fingerprint density at radius 3 is 1.59 bits per heavy atom. The summed E-state index contributed by atoms with van der Waals surface area (Å²) in [6, 6.07) is 63.2. The third-order valence-electron chi connectivity index (χ3n) is 11.3. The molecule has 0 unspecified atom stereocenters. The number of rotatable bonds is 5. The molecule has 4 aromatic heterocycles. The zero-order valence-electron chi connectivity index (χ0n) is 30.9. The normalized spacial score (nSPS) is 11.9. The molecule has 12 rings (SSSR count). The minimum absolute atomic E-state index is 0.645. The summed E-state index contributed by atoms with van der Waals surface area (Å²) < 4.78 is 16.1. The van der Waals surface area contributed by atoms with Crippen LogP contribution >= 0.6 is 15.9 Å². The molecular weight excluding hydrogens is 778 g/mol. The Kier molecular flexibility index (Phi) is 7.31. The first-order valence-corrected chi connectivity index (χ1v) is 20.0. The van der Waals surface area contributed by atoms with E-state index in [-0.39, 0.29) is 0 Å². The second-order valence-electron chi connectivity index (χ2n) is 14.6. The highest BCUT2D eigenvalue weighted by Gasteiger charge is 2.22. The van der Waals surface area contributed by atoms with Crippen molar-refractivity contribution in [1.29, 1.82) is 0 Å². The van der Waals surface area contributed by atoms with E-state index in [4.69, 9.17) is 18.8 Å². The van der Waals surface area contributed by atoms with Gasteiger partial charge in [-0.3, -0.25) is 4.57 Å². The van der Waals surface area contributed by atoms with Gasteiger partial charge >= 0.3 is 0 Å². The molecule has 12 aromatic rings. The molecule has 0 N–H and O–H groups in total. The Morgan fingerprint density at radius 1 is 0.431 bits per heavy atom.